The van der Waals surface area contributed by atoms with Crippen molar-refractivity contribution in [3.63, 3.8) is 0 Å². The molecule has 0 aromatic carbocycles. The van der Waals surface area contributed by atoms with E-state index >= 15 is 0 Å². The number of nitrogens with two attached hydrogens (primary N) is 1. The molecule has 0 radical (unpaired) electrons. The normalized spacial score (nSPS) is 39.8. The average molecular weight is 240 g/mol. The van der Waals surface area contributed by atoms with Crippen LogP contribution in [0.5, 0.6) is 0 Å². The van der Waals surface area contributed by atoms with Gasteiger partial charge in [-0.2, -0.15) is 0 Å². The van der Waals surface area contributed by atoms with Crippen molar-refractivity contribution >= 4 is 0 Å². The number of rotatable bonds is 2. The summed E-state index contributed by atoms with van der Waals surface area (Å²) < 4.78 is 11.7. The Kier molecular flexibility index (Phi) is 2.86. The fraction of sp³-hybridized carbons (Fsp3) is 1.00. The van der Waals surface area contributed by atoms with Gasteiger partial charge in [-0.05, 0) is 25.8 Å². The maximum absolute atomic E-state index is 8.63. The van der Waals surface area contributed by atoms with Gasteiger partial charge in [0.05, 0.1) is 6.10 Å². The summed E-state index contributed by atoms with van der Waals surface area (Å²) in [6.07, 6.45) is 0.584. The minimum Gasteiger partial charge on any atom is -0.344 e. The molecule has 0 unspecified atom stereocenters. The van der Waals surface area contributed by atoms with Crippen LogP contribution in [0.3, 0.4) is 0 Å². The van der Waals surface area contributed by atoms with E-state index in [0.29, 0.717) is 0 Å². The Morgan fingerprint density at radius 3 is 2.53 bits per heavy atom. The molecule has 2 fully saturated rings. The summed E-state index contributed by atoms with van der Waals surface area (Å²) in [5.74, 6) is -0.502. The summed E-state index contributed by atoms with van der Waals surface area (Å²) in [6, 6.07) is -0.0556. The van der Waals surface area contributed by atoms with Gasteiger partial charge in [0.25, 0.3) is 0 Å². The molecule has 1 heterocycles. The van der Waals surface area contributed by atoms with Crippen LogP contribution in [-0.2, 0) is 9.47 Å². The Morgan fingerprint density at radius 2 is 1.94 bits per heavy atom. The molecule has 0 spiro atoms. The molecule has 1 saturated heterocycles. The Balaban J connectivity index is 2.24. The van der Waals surface area contributed by atoms with Crippen LogP contribution in [-0.4, -0.2) is 29.6 Å². The van der Waals surface area contributed by atoms with Crippen LogP contribution in [0.15, 0.2) is 5.11 Å². The lowest BCUT2D eigenvalue weighted by Gasteiger charge is -2.31. The number of hydrogen-bond acceptors (Lipinski definition) is 4. The SMILES string of the molecule is CC1(C)O[C@@H]2[C@H](O1)[C@@H](C(C)(C)N=[N+]=[N-])C[C@H]2N. The van der Waals surface area contributed by atoms with Crippen molar-refractivity contribution < 1.29 is 9.47 Å². The standard InChI is InChI=1S/C11H20N4O2/c1-10(2,14-15-13)6-5-7(12)9-8(6)16-11(3,4)17-9/h6-9H,5,12H2,1-4H3/t6-,7+,8+,9-/m0/s1. The summed E-state index contributed by atoms with van der Waals surface area (Å²) in [5.41, 5.74) is 14.2. The summed E-state index contributed by atoms with van der Waals surface area (Å²) in [4.78, 5) is 2.92. The molecule has 0 bridgehead atoms. The number of azide groups is 1. The average Bonchev–Trinajstić information content (AvgIpc) is 2.62. The Morgan fingerprint density at radius 1 is 1.35 bits per heavy atom. The molecule has 17 heavy (non-hydrogen) atoms. The van der Waals surface area contributed by atoms with E-state index in [1.165, 1.54) is 0 Å². The van der Waals surface area contributed by atoms with Crippen LogP contribution in [0.4, 0.5) is 0 Å². The van der Waals surface area contributed by atoms with E-state index in [2.05, 4.69) is 10.0 Å². The van der Waals surface area contributed by atoms with Crippen molar-refractivity contribution in [1.82, 2.24) is 0 Å². The Bertz CT molecular complexity index is 362. The van der Waals surface area contributed by atoms with Crippen LogP contribution in [0.25, 0.3) is 10.4 Å². The maximum atomic E-state index is 8.63. The predicted molar refractivity (Wildman–Crippen MR) is 63.1 cm³/mol. The largest absolute Gasteiger partial charge is 0.344 e. The number of ether oxygens (including phenoxy) is 2. The van der Waals surface area contributed by atoms with Gasteiger partial charge in [-0.15, -0.1) is 0 Å². The van der Waals surface area contributed by atoms with E-state index in [4.69, 9.17) is 20.7 Å². The van der Waals surface area contributed by atoms with Crippen LogP contribution < -0.4 is 5.73 Å². The minimum atomic E-state index is -0.599. The van der Waals surface area contributed by atoms with Gasteiger partial charge < -0.3 is 15.2 Å². The highest BCUT2D eigenvalue weighted by molar-refractivity contribution is 5.07. The molecule has 96 valence electrons. The predicted octanol–water partition coefficient (Wildman–Crippen LogP) is 1.94. The lowest BCUT2D eigenvalue weighted by atomic mass is 9.85. The fourth-order valence-electron chi connectivity index (χ4n) is 2.90. The third-order valence-corrected chi connectivity index (χ3v) is 3.72. The van der Waals surface area contributed by atoms with Gasteiger partial charge in [-0.25, -0.2) is 0 Å². The molecular weight excluding hydrogens is 220 g/mol. The summed E-state index contributed by atoms with van der Waals surface area (Å²) in [7, 11) is 0. The summed E-state index contributed by atoms with van der Waals surface area (Å²) in [6.45, 7) is 7.60. The molecular formula is C11H20N4O2. The van der Waals surface area contributed by atoms with Gasteiger partial charge in [0.1, 0.15) is 6.10 Å². The quantitative estimate of drug-likeness (QED) is 0.454. The summed E-state index contributed by atoms with van der Waals surface area (Å²) >= 11 is 0. The van der Waals surface area contributed by atoms with Crippen molar-refractivity contribution in [3.05, 3.63) is 10.4 Å². The van der Waals surface area contributed by atoms with Crippen molar-refractivity contribution in [2.24, 2.45) is 16.8 Å². The second-order valence-corrected chi connectivity index (χ2v) is 5.91. The van der Waals surface area contributed by atoms with Crippen LogP contribution >= 0.6 is 0 Å². The molecule has 2 aliphatic rings. The lowest BCUT2D eigenvalue weighted by Crippen LogP contribution is -2.38. The van der Waals surface area contributed by atoms with E-state index in [-0.39, 0.29) is 24.2 Å². The highest BCUT2D eigenvalue weighted by Gasteiger charge is 2.56. The maximum Gasteiger partial charge on any atom is 0.163 e. The van der Waals surface area contributed by atoms with Crippen LogP contribution in [0, 0.1) is 5.92 Å². The molecule has 2 rings (SSSR count). The number of nitrogens with zero attached hydrogens (tertiary/aromatic N) is 3. The first-order chi connectivity index (χ1) is 7.77. The second-order valence-electron chi connectivity index (χ2n) is 5.91. The Hall–Kier alpha value is -0.810. The van der Waals surface area contributed by atoms with E-state index in [9.17, 15) is 0 Å². The molecule has 0 aromatic heterocycles. The third-order valence-electron chi connectivity index (χ3n) is 3.72. The highest BCUT2D eigenvalue weighted by Crippen LogP contribution is 2.46. The molecule has 0 aromatic rings. The van der Waals surface area contributed by atoms with Gasteiger partial charge in [-0.3, -0.25) is 0 Å². The minimum absolute atomic E-state index is 0.0556. The summed E-state index contributed by atoms with van der Waals surface area (Å²) in [5, 5.41) is 3.87. The third kappa shape index (κ3) is 2.13. The molecule has 1 aliphatic heterocycles. The van der Waals surface area contributed by atoms with Crippen LogP contribution in [0.2, 0.25) is 0 Å². The molecule has 1 saturated carbocycles. The van der Waals surface area contributed by atoms with Crippen LogP contribution in [0.1, 0.15) is 34.1 Å². The topological polar surface area (TPSA) is 93.2 Å². The van der Waals surface area contributed by atoms with Gasteiger partial charge in [0.2, 0.25) is 0 Å². The monoisotopic (exact) mass is 240 g/mol. The second kappa shape index (κ2) is 3.85. The zero-order valence-corrected chi connectivity index (χ0v) is 10.8. The smallest absolute Gasteiger partial charge is 0.163 e. The molecule has 6 nitrogen and oxygen atoms in total. The van der Waals surface area contributed by atoms with E-state index < -0.39 is 11.3 Å². The van der Waals surface area contributed by atoms with Gasteiger partial charge in [0.15, 0.2) is 5.79 Å². The number of fused-ring (bicyclic) bond motifs is 1. The first kappa shape index (κ1) is 12.6. The number of hydrogen-bond donors (Lipinski definition) is 1. The van der Waals surface area contributed by atoms with Gasteiger partial charge in [0, 0.05) is 22.4 Å². The molecule has 2 N–H and O–H groups in total. The molecule has 0 amide bonds. The molecule has 4 atom stereocenters. The van der Waals surface area contributed by atoms with Crippen molar-refractivity contribution in [1.29, 1.82) is 0 Å². The zero-order chi connectivity index (χ0) is 12.8. The van der Waals surface area contributed by atoms with Crippen molar-refractivity contribution in [3.8, 4) is 0 Å². The van der Waals surface area contributed by atoms with Crippen molar-refractivity contribution in [2.45, 2.75) is 63.7 Å². The first-order valence-electron chi connectivity index (χ1n) is 5.94. The fourth-order valence-corrected chi connectivity index (χ4v) is 2.90. The van der Waals surface area contributed by atoms with Crippen molar-refractivity contribution in [2.75, 3.05) is 0 Å². The molecule has 6 heteroatoms. The van der Waals surface area contributed by atoms with Gasteiger partial charge in [-0.1, -0.05) is 19.0 Å². The van der Waals surface area contributed by atoms with E-state index in [1.54, 1.807) is 0 Å². The lowest BCUT2D eigenvalue weighted by molar-refractivity contribution is -0.160. The van der Waals surface area contributed by atoms with Gasteiger partial charge >= 0.3 is 0 Å². The zero-order valence-electron chi connectivity index (χ0n) is 10.8. The van der Waals surface area contributed by atoms with E-state index in [0.717, 1.165) is 6.42 Å². The first-order valence-corrected chi connectivity index (χ1v) is 5.94. The Labute approximate surface area is 101 Å². The molecule has 1 aliphatic carbocycles. The van der Waals surface area contributed by atoms with E-state index in [1.807, 2.05) is 27.7 Å². The highest BCUT2D eigenvalue weighted by atomic mass is 16.8.